The molecule has 1 N–H and O–H groups in total. The van der Waals surface area contributed by atoms with Crippen LogP contribution in [0.1, 0.15) is 23.6 Å². The lowest BCUT2D eigenvalue weighted by Gasteiger charge is -2.13. The molecule has 0 aromatic heterocycles. The maximum absolute atomic E-state index is 12.5. The highest BCUT2D eigenvalue weighted by Crippen LogP contribution is 2.30. The Morgan fingerprint density at radius 1 is 0.757 bits per heavy atom. The van der Waals surface area contributed by atoms with E-state index in [1.165, 1.54) is 10.8 Å². The Kier molecular flexibility index (Phi) is 7.42. The van der Waals surface area contributed by atoms with Crippen molar-refractivity contribution >= 4 is 33.7 Å². The third-order valence-corrected chi connectivity index (χ3v) is 6.16. The highest BCUT2D eigenvalue weighted by molar-refractivity contribution is 5.91. The standard InChI is InChI=1S/C32H28N2O3/c1-2-36-31-19-23(17-18-30(31)37-22-27-14-8-12-25-10-4-6-16-29(25)27)21-33-34-32(35)20-26-13-7-11-24-9-3-5-15-28(24)26/h3-19,21H,2,20,22H2,1H3,(H,34,35). The van der Waals surface area contributed by atoms with E-state index < -0.39 is 0 Å². The fourth-order valence-corrected chi connectivity index (χ4v) is 4.40. The minimum absolute atomic E-state index is 0.173. The number of carbonyl (C=O) groups is 1. The van der Waals surface area contributed by atoms with Gasteiger partial charge in [-0.25, -0.2) is 5.43 Å². The van der Waals surface area contributed by atoms with Gasteiger partial charge in [0.2, 0.25) is 5.91 Å². The summed E-state index contributed by atoms with van der Waals surface area (Å²) in [5.41, 5.74) is 5.51. The average Bonchev–Trinajstić information content (AvgIpc) is 2.93. The fourth-order valence-electron chi connectivity index (χ4n) is 4.40. The zero-order valence-electron chi connectivity index (χ0n) is 20.7. The van der Waals surface area contributed by atoms with Gasteiger partial charge >= 0.3 is 0 Å². The molecule has 184 valence electrons. The molecule has 0 aliphatic carbocycles. The van der Waals surface area contributed by atoms with Crippen molar-refractivity contribution in [2.75, 3.05) is 6.61 Å². The van der Waals surface area contributed by atoms with Gasteiger partial charge in [0.05, 0.1) is 19.2 Å². The summed E-state index contributed by atoms with van der Waals surface area (Å²) in [7, 11) is 0. The van der Waals surface area contributed by atoms with Crippen molar-refractivity contribution in [3.05, 3.63) is 120 Å². The van der Waals surface area contributed by atoms with Crippen molar-refractivity contribution in [3.8, 4) is 11.5 Å². The van der Waals surface area contributed by atoms with Gasteiger partial charge in [-0.05, 0) is 63.4 Å². The molecule has 0 saturated carbocycles. The average molecular weight is 489 g/mol. The van der Waals surface area contributed by atoms with Crippen LogP contribution in [-0.4, -0.2) is 18.7 Å². The summed E-state index contributed by atoms with van der Waals surface area (Å²) >= 11 is 0. The minimum Gasteiger partial charge on any atom is -0.490 e. The summed E-state index contributed by atoms with van der Waals surface area (Å²) in [6.07, 6.45) is 1.86. The van der Waals surface area contributed by atoms with E-state index >= 15 is 0 Å². The maximum atomic E-state index is 12.5. The van der Waals surface area contributed by atoms with E-state index in [1.54, 1.807) is 6.21 Å². The highest BCUT2D eigenvalue weighted by atomic mass is 16.5. The van der Waals surface area contributed by atoms with Crippen LogP contribution in [0.15, 0.2) is 108 Å². The number of rotatable bonds is 9. The molecule has 0 saturated heterocycles. The SMILES string of the molecule is CCOc1cc(C=NNC(=O)Cc2cccc3ccccc23)ccc1OCc1cccc2ccccc12. The Hall–Kier alpha value is -4.64. The van der Waals surface area contributed by atoms with Crippen LogP contribution in [0.25, 0.3) is 21.5 Å². The van der Waals surface area contributed by atoms with Crippen LogP contribution in [-0.2, 0) is 17.8 Å². The van der Waals surface area contributed by atoms with Crippen molar-refractivity contribution in [2.24, 2.45) is 5.10 Å². The maximum Gasteiger partial charge on any atom is 0.244 e. The molecule has 0 bridgehead atoms. The quantitative estimate of drug-likeness (QED) is 0.186. The van der Waals surface area contributed by atoms with Crippen molar-refractivity contribution in [2.45, 2.75) is 20.0 Å². The molecule has 5 aromatic rings. The van der Waals surface area contributed by atoms with Gasteiger partial charge in [0, 0.05) is 0 Å². The van der Waals surface area contributed by atoms with Crippen LogP contribution in [0.2, 0.25) is 0 Å². The molecule has 0 atom stereocenters. The number of hydrogen-bond donors (Lipinski definition) is 1. The molecule has 0 unspecified atom stereocenters. The molecular weight excluding hydrogens is 460 g/mol. The zero-order chi connectivity index (χ0) is 25.5. The van der Waals surface area contributed by atoms with Gasteiger partial charge in [0.1, 0.15) is 6.61 Å². The number of benzene rings is 5. The van der Waals surface area contributed by atoms with Gasteiger partial charge in [0.25, 0.3) is 0 Å². The molecule has 5 aromatic carbocycles. The molecule has 5 rings (SSSR count). The molecule has 5 heteroatoms. The van der Waals surface area contributed by atoms with E-state index in [0.29, 0.717) is 24.7 Å². The first-order chi connectivity index (χ1) is 18.2. The van der Waals surface area contributed by atoms with Crippen molar-refractivity contribution in [3.63, 3.8) is 0 Å². The second kappa shape index (κ2) is 11.4. The summed E-state index contributed by atoms with van der Waals surface area (Å²) in [5.74, 6) is 1.12. The molecule has 1 amide bonds. The summed E-state index contributed by atoms with van der Waals surface area (Å²) < 4.78 is 12.0. The first kappa shape index (κ1) is 24.1. The monoisotopic (exact) mass is 488 g/mol. The van der Waals surface area contributed by atoms with E-state index in [1.807, 2.05) is 85.8 Å². The fraction of sp³-hybridized carbons (Fsp3) is 0.125. The number of nitrogens with one attached hydrogen (secondary N) is 1. The predicted octanol–water partition coefficient (Wildman–Crippen LogP) is 6.66. The minimum atomic E-state index is -0.173. The van der Waals surface area contributed by atoms with Gasteiger partial charge < -0.3 is 9.47 Å². The number of amides is 1. The third kappa shape index (κ3) is 5.78. The van der Waals surface area contributed by atoms with Crippen LogP contribution in [0.3, 0.4) is 0 Å². The number of fused-ring (bicyclic) bond motifs is 2. The Bertz CT molecular complexity index is 1570. The summed E-state index contributed by atoms with van der Waals surface area (Å²) in [6.45, 7) is 2.87. The molecule has 37 heavy (non-hydrogen) atoms. The molecule has 0 aliphatic rings. The lowest BCUT2D eigenvalue weighted by Crippen LogP contribution is -2.19. The molecule has 5 nitrogen and oxygen atoms in total. The van der Waals surface area contributed by atoms with Gasteiger partial charge in [0.15, 0.2) is 11.5 Å². The second-order valence-electron chi connectivity index (χ2n) is 8.67. The highest BCUT2D eigenvalue weighted by Gasteiger charge is 2.09. The number of hydrogen-bond acceptors (Lipinski definition) is 4. The smallest absolute Gasteiger partial charge is 0.244 e. The van der Waals surface area contributed by atoms with Gasteiger partial charge in [-0.15, -0.1) is 0 Å². The topological polar surface area (TPSA) is 59.9 Å². The molecule has 0 heterocycles. The van der Waals surface area contributed by atoms with Crippen LogP contribution >= 0.6 is 0 Å². The zero-order valence-corrected chi connectivity index (χ0v) is 20.7. The van der Waals surface area contributed by atoms with E-state index in [2.05, 4.69) is 34.8 Å². The largest absolute Gasteiger partial charge is 0.490 e. The summed E-state index contributed by atoms with van der Waals surface area (Å²) in [6, 6.07) is 34.1. The summed E-state index contributed by atoms with van der Waals surface area (Å²) in [5, 5.41) is 8.70. The van der Waals surface area contributed by atoms with Gasteiger partial charge in [-0.1, -0.05) is 84.9 Å². The number of carbonyl (C=O) groups excluding carboxylic acids is 1. The predicted molar refractivity (Wildman–Crippen MR) is 149 cm³/mol. The van der Waals surface area contributed by atoms with Gasteiger partial charge in [-0.3, -0.25) is 4.79 Å². The van der Waals surface area contributed by atoms with Crippen molar-refractivity contribution < 1.29 is 14.3 Å². The number of nitrogens with zero attached hydrogens (tertiary/aromatic N) is 1. The Morgan fingerprint density at radius 3 is 2.14 bits per heavy atom. The molecule has 0 radical (unpaired) electrons. The van der Waals surface area contributed by atoms with Crippen molar-refractivity contribution in [1.82, 2.24) is 5.43 Å². The molecular formula is C32H28N2O3. The first-order valence-electron chi connectivity index (χ1n) is 12.4. The molecule has 0 fully saturated rings. The summed E-state index contributed by atoms with van der Waals surface area (Å²) in [4.78, 5) is 12.5. The Balaban J connectivity index is 1.24. The lowest BCUT2D eigenvalue weighted by atomic mass is 10.0. The van der Waals surface area contributed by atoms with Crippen LogP contribution in [0.5, 0.6) is 11.5 Å². The third-order valence-electron chi connectivity index (χ3n) is 6.16. The lowest BCUT2D eigenvalue weighted by molar-refractivity contribution is -0.120. The number of hydrazone groups is 1. The molecule has 0 aliphatic heterocycles. The van der Waals surface area contributed by atoms with Crippen LogP contribution < -0.4 is 14.9 Å². The van der Waals surface area contributed by atoms with Crippen molar-refractivity contribution in [1.29, 1.82) is 0 Å². The Morgan fingerprint density at radius 2 is 1.41 bits per heavy atom. The molecule has 0 spiro atoms. The Labute approximate surface area is 216 Å². The van der Waals surface area contributed by atoms with Crippen LogP contribution in [0, 0.1) is 0 Å². The van der Waals surface area contributed by atoms with E-state index in [-0.39, 0.29) is 12.3 Å². The number of ether oxygens (including phenoxy) is 2. The van der Waals surface area contributed by atoms with Gasteiger partial charge in [-0.2, -0.15) is 5.10 Å². The second-order valence-corrected chi connectivity index (χ2v) is 8.67. The first-order valence-corrected chi connectivity index (χ1v) is 12.4. The van der Waals surface area contributed by atoms with E-state index in [4.69, 9.17) is 9.47 Å². The van der Waals surface area contributed by atoms with Crippen LogP contribution in [0.4, 0.5) is 0 Å². The normalized spacial score (nSPS) is 11.2. The van der Waals surface area contributed by atoms with E-state index in [0.717, 1.165) is 27.5 Å². The van der Waals surface area contributed by atoms with E-state index in [9.17, 15) is 4.79 Å².